The molecule has 0 spiro atoms. The molecule has 2 atom stereocenters. The molecule has 0 aromatic carbocycles. The summed E-state index contributed by atoms with van der Waals surface area (Å²) < 4.78 is 29.6. The van der Waals surface area contributed by atoms with Crippen molar-refractivity contribution in [3.63, 3.8) is 0 Å². The molecule has 2 aliphatic rings. The molecule has 2 aliphatic heterocycles. The molecule has 0 aliphatic carbocycles. The molecule has 1 unspecified atom stereocenters. The van der Waals surface area contributed by atoms with Crippen LogP contribution in [0.25, 0.3) is 0 Å². The van der Waals surface area contributed by atoms with E-state index in [4.69, 9.17) is 9.84 Å². The normalized spacial score (nSPS) is 24.9. The largest absolute Gasteiger partial charge is 0.480 e. The second kappa shape index (κ2) is 7.68. The zero-order chi connectivity index (χ0) is 17.9. The summed E-state index contributed by atoms with van der Waals surface area (Å²) in [4.78, 5) is 35.9. The Balaban J connectivity index is 1.97. The van der Waals surface area contributed by atoms with Crippen LogP contribution in [0.3, 0.4) is 0 Å². The van der Waals surface area contributed by atoms with E-state index < -0.39 is 34.7 Å². The van der Waals surface area contributed by atoms with Crippen LogP contribution in [-0.4, -0.2) is 96.8 Å². The van der Waals surface area contributed by atoms with Crippen molar-refractivity contribution < 1.29 is 32.6 Å². The van der Waals surface area contributed by atoms with E-state index >= 15 is 0 Å². The molecule has 2 N–H and O–H groups in total. The fourth-order valence-corrected chi connectivity index (χ4v) is 4.01. The molecule has 12 heteroatoms. The molecule has 0 aromatic heterocycles. The lowest BCUT2D eigenvalue weighted by Gasteiger charge is -2.35. The van der Waals surface area contributed by atoms with Gasteiger partial charge in [0.05, 0.1) is 19.0 Å². The van der Waals surface area contributed by atoms with Crippen LogP contribution >= 0.6 is 11.8 Å². The number of ether oxygens (including phenoxy) is 1. The third-order valence-electron chi connectivity index (χ3n) is 3.61. The third kappa shape index (κ3) is 5.06. The molecular weight excluding hydrogens is 362 g/mol. The van der Waals surface area contributed by atoms with Crippen LogP contribution in [0.15, 0.2) is 0 Å². The Morgan fingerprint density at radius 1 is 1.50 bits per heavy atom. The van der Waals surface area contributed by atoms with Crippen molar-refractivity contribution in [1.82, 2.24) is 14.5 Å². The Hall–Kier alpha value is -1.37. The number of hydrogen-bond donors (Lipinski definition) is 2. The van der Waals surface area contributed by atoms with Crippen molar-refractivity contribution in [1.29, 1.82) is 0 Å². The van der Waals surface area contributed by atoms with Crippen LogP contribution in [0, 0.1) is 0 Å². The SMILES string of the molecule is CS(=O)(=O)N(CC(=O)O)CC1CN(C(=O)[C@@H]2CSC(=O)N2)CCO1. The molecule has 0 bridgehead atoms. The monoisotopic (exact) mass is 381 g/mol. The second-order valence-corrected chi connectivity index (χ2v) is 8.50. The minimum Gasteiger partial charge on any atom is -0.480 e. The summed E-state index contributed by atoms with van der Waals surface area (Å²) in [5.74, 6) is -1.16. The molecule has 136 valence electrons. The van der Waals surface area contributed by atoms with E-state index in [0.29, 0.717) is 12.3 Å². The van der Waals surface area contributed by atoms with Crippen molar-refractivity contribution in [3.8, 4) is 0 Å². The number of carboxylic acid groups (broad SMARTS) is 1. The maximum Gasteiger partial charge on any atom is 0.318 e. The number of sulfonamides is 1. The van der Waals surface area contributed by atoms with Gasteiger partial charge >= 0.3 is 5.97 Å². The van der Waals surface area contributed by atoms with E-state index in [-0.39, 0.29) is 30.8 Å². The molecule has 2 saturated heterocycles. The first-order valence-corrected chi connectivity index (χ1v) is 10.0. The molecule has 2 amide bonds. The number of aliphatic carboxylic acids is 1. The first-order chi connectivity index (χ1) is 11.2. The van der Waals surface area contributed by atoms with E-state index in [9.17, 15) is 22.8 Å². The zero-order valence-corrected chi connectivity index (χ0v) is 14.6. The van der Waals surface area contributed by atoms with Crippen molar-refractivity contribution in [2.24, 2.45) is 0 Å². The molecule has 2 heterocycles. The number of thioether (sulfide) groups is 1. The molecule has 0 saturated carbocycles. The highest BCUT2D eigenvalue weighted by atomic mass is 32.2. The van der Waals surface area contributed by atoms with Gasteiger partial charge in [0.15, 0.2) is 0 Å². The molecule has 24 heavy (non-hydrogen) atoms. The number of carboxylic acids is 1. The predicted molar refractivity (Wildman–Crippen MR) is 85.2 cm³/mol. The Labute approximate surface area is 143 Å². The van der Waals surface area contributed by atoms with Gasteiger partial charge in [-0.15, -0.1) is 0 Å². The minimum atomic E-state index is -3.71. The molecule has 10 nitrogen and oxygen atoms in total. The van der Waals surface area contributed by atoms with Crippen LogP contribution in [0.5, 0.6) is 0 Å². The summed E-state index contributed by atoms with van der Waals surface area (Å²) in [7, 11) is -3.71. The number of hydrogen-bond acceptors (Lipinski definition) is 7. The second-order valence-electron chi connectivity index (χ2n) is 5.52. The Morgan fingerprint density at radius 2 is 2.21 bits per heavy atom. The zero-order valence-electron chi connectivity index (χ0n) is 13.0. The Kier molecular flexibility index (Phi) is 6.06. The fraction of sp³-hybridized carbons (Fsp3) is 0.750. The number of amides is 2. The third-order valence-corrected chi connectivity index (χ3v) is 5.71. The van der Waals surface area contributed by atoms with E-state index in [1.54, 1.807) is 0 Å². The maximum absolute atomic E-state index is 12.4. The van der Waals surface area contributed by atoms with Crippen molar-refractivity contribution in [2.45, 2.75) is 12.1 Å². The summed E-state index contributed by atoms with van der Waals surface area (Å²) in [5, 5.41) is 11.1. The summed E-state index contributed by atoms with van der Waals surface area (Å²) in [6.45, 7) is -0.122. The summed E-state index contributed by atoms with van der Waals surface area (Å²) in [6.07, 6.45) is 0.300. The quantitative estimate of drug-likeness (QED) is 0.561. The van der Waals surface area contributed by atoms with Gasteiger partial charge in [0.1, 0.15) is 12.6 Å². The van der Waals surface area contributed by atoms with Gasteiger partial charge in [0, 0.05) is 25.4 Å². The van der Waals surface area contributed by atoms with Gasteiger partial charge in [-0.1, -0.05) is 11.8 Å². The van der Waals surface area contributed by atoms with Gasteiger partial charge in [-0.2, -0.15) is 4.31 Å². The fourth-order valence-electron chi connectivity index (χ4n) is 2.46. The maximum atomic E-state index is 12.4. The van der Waals surface area contributed by atoms with Gasteiger partial charge in [-0.05, 0) is 0 Å². The average molecular weight is 381 g/mol. The number of carbonyl (C=O) groups excluding carboxylic acids is 2. The van der Waals surface area contributed by atoms with Gasteiger partial charge in [-0.3, -0.25) is 14.4 Å². The lowest BCUT2D eigenvalue weighted by molar-refractivity contribution is -0.142. The van der Waals surface area contributed by atoms with Gasteiger partial charge < -0.3 is 20.1 Å². The highest BCUT2D eigenvalue weighted by Crippen LogP contribution is 2.17. The lowest BCUT2D eigenvalue weighted by atomic mass is 10.2. The van der Waals surface area contributed by atoms with Crippen molar-refractivity contribution in [2.75, 3.05) is 44.8 Å². The van der Waals surface area contributed by atoms with E-state index in [1.807, 2.05) is 0 Å². The first kappa shape index (κ1) is 19.0. The highest BCUT2D eigenvalue weighted by molar-refractivity contribution is 8.14. The van der Waals surface area contributed by atoms with Crippen LogP contribution in [0.2, 0.25) is 0 Å². The molecule has 0 aromatic rings. The summed E-state index contributed by atoms with van der Waals surface area (Å²) in [6, 6.07) is -0.591. The molecule has 2 rings (SSSR count). The van der Waals surface area contributed by atoms with Crippen LogP contribution < -0.4 is 5.32 Å². The van der Waals surface area contributed by atoms with E-state index in [2.05, 4.69) is 5.32 Å². The smallest absolute Gasteiger partial charge is 0.318 e. The Bertz CT molecular complexity index is 624. The first-order valence-electron chi connectivity index (χ1n) is 7.17. The van der Waals surface area contributed by atoms with Gasteiger partial charge in [0.2, 0.25) is 15.9 Å². The molecular formula is C12H19N3O7S2. The van der Waals surface area contributed by atoms with Crippen LogP contribution in [0.1, 0.15) is 0 Å². The summed E-state index contributed by atoms with van der Waals surface area (Å²) in [5.41, 5.74) is 0. The van der Waals surface area contributed by atoms with Gasteiger partial charge in [-0.25, -0.2) is 8.42 Å². The number of nitrogens with zero attached hydrogens (tertiary/aromatic N) is 2. The topological polar surface area (TPSA) is 133 Å². The van der Waals surface area contributed by atoms with Gasteiger partial charge in [0.25, 0.3) is 5.24 Å². The van der Waals surface area contributed by atoms with Crippen molar-refractivity contribution in [3.05, 3.63) is 0 Å². The standard InChI is InChI=1S/C12H19N3O7S2/c1-24(20,21)15(6-10(16)17)5-8-4-14(2-3-22-8)11(18)9-7-23-12(19)13-9/h8-9H,2-7H2,1H3,(H,13,19)(H,16,17)/t8?,9-/m0/s1. The van der Waals surface area contributed by atoms with Crippen molar-refractivity contribution >= 4 is 38.9 Å². The van der Waals surface area contributed by atoms with Crippen LogP contribution in [-0.2, 0) is 24.3 Å². The predicted octanol–water partition coefficient (Wildman–Crippen LogP) is -1.61. The van der Waals surface area contributed by atoms with E-state index in [0.717, 1.165) is 22.3 Å². The van der Waals surface area contributed by atoms with Crippen LogP contribution in [0.4, 0.5) is 4.79 Å². The Morgan fingerprint density at radius 3 is 2.75 bits per heavy atom. The number of rotatable bonds is 6. The lowest BCUT2D eigenvalue weighted by Crippen LogP contribution is -2.55. The number of morpholine rings is 1. The van der Waals surface area contributed by atoms with E-state index in [1.165, 1.54) is 4.90 Å². The number of carbonyl (C=O) groups is 3. The molecule has 2 fully saturated rings. The average Bonchev–Trinajstić information content (AvgIpc) is 2.91. The minimum absolute atomic E-state index is 0.140. The number of nitrogens with one attached hydrogen (secondary N) is 1. The summed E-state index contributed by atoms with van der Waals surface area (Å²) >= 11 is 1.04. The molecule has 0 radical (unpaired) electrons. The highest BCUT2D eigenvalue weighted by Gasteiger charge is 2.35.